The lowest BCUT2D eigenvalue weighted by Crippen LogP contribution is -2.17. The summed E-state index contributed by atoms with van der Waals surface area (Å²) in [7, 11) is 0. The van der Waals surface area contributed by atoms with Gasteiger partial charge in [-0.25, -0.2) is 0 Å². The SMILES string of the molecule is CCCCCSc1nnc2c(n1)OC(c1ccc(O)c(O)c1)Nc1ccccc1-2. The maximum atomic E-state index is 9.90. The highest BCUT2D eigenvalue weighted by molar-refractivity contribution is 7.99. The number of anilines is 1. The Morgan fingerprint density at radius 2 is 1.93 bits per heavy atom. The number of rotatable bonds is 6. The van der Waals surface area contributed by atoms with Gasteiger partial charge in [-0.15, -0.1) is 10.2 Å². The zero-order valence-electron chi connectivity index (χ0n) is 16.0. The fraction of sp³-hybridized carbons (Fsp3) is 0.286. The van der Waals surface area contributed by atoms with E-state index in [9.17, 15) is 10.2 Å². The van der Waals surface area contributed by atoms with Crippen molar-refractivity contribution in [3.05, 3.63) is 48.0 Å². The van der Waals surface area contributed by atoms with E-state index in [1.54, 1.807) is 17.8 Å². The van der Waals surface area contributed by atoms with E-state index in [-0.39, 0.29) is 11.5 Å². The summed E-state index contributed by atoms with van der Waals surface area (Å²) in [6.07, 6.45) is 2.82. The van der Waals surface area contributed by atoms with Crippen LogP contribution in [0.4, 0.5) is 5.69 Å². The standard InChI is InChI=1S/C21H22N4O3S/c1-2-3-6-11-29-21-23-20-18(24-25-21)14-7-4-5-8-15(14)22-19(28-20)13-9-10-16(26)17(27)12-13/h4-5,7-10,12,19,22,26-27H,2-3,6,11H2,1H3. The number of unbranched alkanes of at least 4 members (excludes halogenated alkanes) is 2. The van der Waals surface area contributed by atoms with E-state index in [1.807, 2.05) is 24.3 Å². The van der Waals surface area contributed by atoms with Gasteiger partial charge < -0.3 is 20.3 Å². The predicted molar refractivity (Wildman–Crippen MR) is 112 cm³/mol. The van der Waals surface area contributed by atoms with E-state index < -0.39 is 6.23 Å². The maximum absolute atomic E-state index is 9.90. The number of phenolic OH excluding ortho intramolecular Hbond substituents is 2. The third-order valence-electron chi connectivity index (χ3n) is 4.61. The summed E-state index contributed by atoms with van der Waals surface area (Å²) in [5.41, 5.74) is 2.88. The van der Waals surface area contributed by atoms with Gasteiger partial charge in [0, 0.05) is 22.6 Å². The van der Waals surface area contributed by atoms with Gasteiger partial charge in [-0.05, 0) is 30.7 Å². The Hall–Kier alpha value is -3.00. The number of aromatic hydroxyl groups is 2. The van der Waals surface area contributed by atoms with Crippen LogP contribution in [0, 0.1) is 0 Å². The number of nitrogens with one attached hydrogen (secondary N) is 1. The van der Waals surface area contributed by atoms with Crippen molar-refractivity contribution < 1.29 is 14.9 Å². The molecule has 0 bridgehead atoms. The number of benzene rings is 2. The van der Waals surface area contributed by atoms with E-state index in [2.05, 4.69) is 27.4 Å². The average molecular weight is 410 g/mol. The summed E-state index contributed by atoms with van der Waals surface area (Å²) in [5, 5.41) is 32.1. The molecule has 0 saturated carbocycles. The molecule has 0 aliphatic carbocycles. The molecule has 3 N–H and O–H groups in total. The number of hydrogen-bond acceptors (Lipinski definition) is 8. The van der Waals surface area contributed by atoms with Gasteiger partial charge in [-0.3, -0.25) is 0 Å². The molecule has 0 fully saturated rings. The molecule has 0 radical (unpaired) electrons. The molecule has 1 aromatic heterocycles. The highest BCUT2D eigenvalue weighted by Gasteiger charge is 2.26. The number of aromatic nitrogens is 3. The van der Waals surface area contributed by atoms with Gasteiger partial charge in [-0.1, -0.05) is 49.7 Å². The van der Waals surface area contributed by atoms with Crippen molar-refractivity contribution in [1.82, 2.24) is 15.2 Å². The lowest BCUT2D eigenvalue weighted by Gasteiger charge is -2.19. The van der Waals surface area contributed by atoms with Crippen LogP contribution in [-0.4, -0.2) is 31.1 Å². The fourth-order valence-corrected chi connectivity index (χ4v) is 3.86. The quantitative estimate of drug-likeness (QED) is 0.304. The number of fused-ring (bicyclic) bond motifs is 3. The minimum absolute atomic E-state index is 0.182. The number of phenols is 2. The molecule has 1 atom stereocenters. The molecule has 1 aliphatic heterocycles. The maximum Gasteiger partial charge on any atom is 0.247 e. The Bertz CT molecular complexity index is 1010. The molecule has 3 aromatic rings. The first-order chi connectivity index (χ1) is 14.2. The number of ether oxygens (including phenoxy) is 1. The van der Waals surface area contributed by atoms with Gasteiger partial charge in [0.05, 0.1) is 0 Å². The molecule has 1 aliphatic rings. The molecular weight excluding hydrogens is 388 g/mol. The van der Waals surface area contributed by atoms with E-state index in [4.69, 9.17) is 4.74 Å². The van der Waals surface area contributed by atoms with Gasteiger partial charge >= 0.3 is 0 Å². The molecule has 1 unspecified atom stereocenters. The van der Waals surface area contributed by atoms with Crippen molar-refractivity contribution in [2.45, 2.75) is 37.6 Å². The van der Waals surface area contributed by atoms with Gasteiger partial charge in [0.15, 0.2) is 23.4 Å². The van der Waals surface area contributed by atoms with E-state index >= 15 is 0 Å². The van der Waals surface area contributed by atoms with Crippen LogP contribution < -0.4 is 10.1 Å². The van der Waals surface area contributed by atoms with E-state index in [1.165, 1.54) is 18.6 Å². The first-order valence-electron chi connectivity index (χ1n) is 9.57. The van der Waals surface area contributed by atoms with Crippen molar-refractivity contribution in [3.63, 3.8) is 0 Å². The van der Waals surface area contributed by atoms with E-state index in [0.717, 1.165) is 29.8 Å². The zero-order valence-corrected chi connectivity index (χ0v) is 16.8. The average Bonchev–Trinajstić information content (AvgIpc) is 2.89. The third-order valence-corrected chi connectivity index (χ3v) is 5.54. The van der Waals surface area contributed by atoms with Crippen molar-refractivity contribution in [3.8, 4) is 28.6 Å². The Balaban J connectivity index is 1.69. The Morgan fingerprint density at radius 1 is 1.07 bits per heavy atom. The molecule has 2 aromatic carbocycles. The van der Waals surface area contributed by atoms with Gasteiger partial charge in [0.2, 0.25) is 11.0 Å². The molecule has 29 heavy (non-hydrogen) atoms. The highest BCUT2D eigenvalue weighted by atomic mass is 32.2. The smallest absolute Gasteiger partial charge is 0.247 e. The van der Waals surface area contributed by atoms with Crippen LogP contribution in [0.5, 0.6) is 17.4 Å². The minimum atomic E-state index is -0.612. The summed E-state index contributed by atoms with van der Waals surface area (Å²) in [6, 6.07) is 12.3. The largest absolute Gasteiger partial charge is 0.504 e. The van der Waals surface area contributed by atoms with Crippen LogP contribution >= 0.6 is 11.8 Å². The zero-order chi connectivity index (χ0) is 20.2. The summed E-state index contributed by atoms with van der Waals surface area (Å²) >= 11 is 1.56. The molecule has 0 saturated heterocycles. The summed E-state index contributed by atoms with van der Waals surface area (Å²) in [5.74, 6) is 0.919. The Kier molecular flexibility index (Phi) is 5.71. The molecule has 8 heteroatoms. The second-order valence-electron chi connectivity index (χ2n) is 6.74. The summed E-state index contributed by atoms with van der Waals surface area (Å²) < 4.78 is 6.16. The Labute approximate surface area is 173 Å². The number of nitrogens with zero attached hydrogens (tertiary/aromatic N) is 3. The summed E-state index contributed by atoms with van der Waals surface area (Å²) in [4.78, 5) is 4.60. The molecule has 0 amide bonds. The molecule has 2 heterocycles. The number of hydrogen-bond donors (Lipinski definition) is 3. The van der Waals surface area contributed by atoms with Crippen LogP contribution in [0.3, 0.4) is 0 Å². The van der Waals surface area contributed by atoms with Crippen LogP contribution in [-0.2, 0) is 0 Å². The van der Waals surface area contributed by atoms with Crippen LogP contribution in [0.25, 0.3) is 11.3 Å². The monoisotopic (exact) mass is 410 g/mol. The molecule has 4 rings (SSSR count). The number of para-hydroxylation sites is 1. The first-order valence-corrected chi connectivity index (χ1v) is 10.6. The molecule has 0 spiro atoms. The van der Waals surface area contributed by atoms with E-state index in [0.29, 0.717) is 22.3 Å². The lowest BCUT2D eigenvalue weighted by atomic mass is 10.1. The second-order valence-corrected chi connectivity index (χ2v) is 7.80. The van der Waals surface area contributed by atoms with Crippen molar-refractivity contribution in [2.75, 3.05) is 11.1 Å². The van der Waals surface area contributed by atoms with Crippen LogP contribution in [0.1, 0.15) is 38.0 Å². The van der Waals surface area contributed by atoms with Crippen molar-refractivity contribution >= 4 is 17.4 Å². The van der Waals surface area contributed by atoms with Crippen molar-refractivity contribution in [1.29, 1.82) is 0 Å². The highest BCUT2D eigenvalue weighted by Crippen LogP contribution is 2.40. The molecular formula is C21H22N4O3S. The lowest BCUT2D eigenvalue weighted by molar-refractivity contribution is 0.224. The van der Waals surface area contributed by atoms with Crippen LogP contribution in [0.15, 0.2) is 47.6 Å². The normalized spacial score (nSPS) is 14.9. The predicted octanol–water partition coefficient (Wildman–Crippen LogP) is 4.74. The summed E-state index contributed by atoms with van der Waals surface area (Å²) in [6.45, 7) is 2.17. The van der Waals surface area contributed by atoms with Gasteiger partial charge in [0.25, 0.3) is 0 Å². The first kappa shape index (κ1) is 19.3. The molecule has 150 valence electrons. The third kappa shape index (κ3) is 4.22. The molecule has 7 nitrogen and oxygen atoms in total. The Morgan fingerprint density at radius 3 is 2.76 bits per heavy atom. The topological polar surface area (TPSA) is 100 Å². The minimum Gasteiger partial charge on any atom is -0.504 e. The van der Waals surface area contributed by atoms with Gasteiger partial charge in [-0.2, -0.15) is 4.98 Å². The number of thioether (sulfide) groups is 1. The van der Waals surface area contributed by atoms with Gasteiger partial charge in [0.1, 0.15) is 0 Å². The second kappa shape index (κ2) is 8.57. The van der Waals surface area contributed by atoms with Crippen molar-refractivity contribution in [2.24, 2.45) is 0 Å². The fourth-order valence-electron chi connectivity index (χ4n) is 3.08. The van der Waals surface area contributed by atoms with Crippen LogP contribution in [0.2, 0.25) is 0 Å².